The van der Waals surface area contributed by atoms with Crippen LogP contribution in [0.4, 0.5) is 0 Å². The molecule has 3 N–H and O–H groups in total. The molecule has 0 unspecified atom stereocenters. The number of hydrogen-bond donors (Lipinski definition) is 3. The maximum absolute atomic E-state index is 12.1. The first-order valence-corrected chi connectivity index (χ1v) is 56.1. The number of nitrogens with zero attached hydrogens (tertiary/aromatic N) is 3. The van der Waals surface area contributed by atoms with E-state index < -0.39 is 28.7 Å². The molecule has 0 amide bonds. The van der Waals surface area contributed by atoms with E-state index in [0.717, 1.165) is 96.7 Å². The third-order valence-corrected chi connectivity index (χ3v) is 35.7. The molecule has 0 saturated carbocycles. The van der Waals surface area contributed by atoms with Crippen LogP contribution in [0.25, 0.3) is 34.4 Å². The number of rotatable bonds is 32. The van der Waals surface area contributed by atoms with Gasteiger partial charge in [0.1, 0.15) is 30.2 Å². The topological polar surface area (TPSA) is 335 Å². The number of aliphatic hydroxyl groups excluding tert-OH is 2. The van der Waals surface area contributed by atoms with Crippen LogP contribution in [-0.2, 0) is 107 Å². The van der Waals surface area contributed by atoms with Crippen molar-refractivity contribution in [2.24, 2.45) is 0 Å². The fourth-order valence-electron chi connectivity index (χ4n) is 15.8. The van der Waals surface area contributed by atoms with Gasteiger partial charge in [-0.25, -0.2) is 38.9 Å². The Kier molecular flexibility index (Phi) is 44.9. The van der Waals surface area contributed by atoms with Crippen LogP contribution >= 0.6 is 27.5 Å². The van der Waals surface area contributed by atoms with Crippen molar-refractivity contribution < 1.29 is 109 Å². The molecule has 5 aliphatic carbocycles. The Labute approximate surface area is 873 Å². The normalized spacial score (nSPS) is 18.4. The number of aryl methyl sites for hydroxylation is 5. The molecule has 5 aliphatic rings. The highest BCUT2D eigenvalue weighted by atomic mass is 79.9. The zero-order valence-electron chi connectivity index (χ0n) is 86.9. The Morgan fingerprint density at radius 3 is 0.870 bits per heavy atom. The van der Waals surface area contributed by atoms with Crippen molar-refractivity contribution in [3.63, 3.8) is 0 Å². The van der Waals surface area contributed by atoms with Crippen LogP contribution in [0.5, 0.6) is 0 Å². The number of carbonyl (C=O) groups is 5. The summed E-state index contributed by atoms with van der Waals surface area (Å²) in [7, 11) is 2.11. The number of esters is 4. The number of carbonyl (C=O) groups excluding carboxylic acids is 4. The second-order valence-corrected chi connectivity index (χ2v) is 49.1. The summed E-state index contributed by atoms with van der Waals surface area (Å²) in [4.78, 5) is 71.9. The zero-order chi connectivity index (χ0) is 106. The molecule has 0 aliphatic heterocycles. The molecule has 778 valence electrons. The van der Waals surface area contributed by atoms with Gasteiger partial charge in [0.25, 0.3) is 0 Å². The van der Waals surface area contributed by atoms with Crippen LogP contribution in [0.3, 0.4) is 0 Å². The molecule has 10 atom stereocenters. The van der Waals surface area contributed by atoms with Crippen LogP contribution in [0, 0.1) is 34.6 Å². The van der Waals surface area contributed by atoms with Gasteiger partial charge in [-0.05, 0) is 163 Å². The molecule has 0 spiro atoms. The number of alkyl halides is 2. The van der Waals surface area contributed by atoms with Gasteiger partial charge in [0.05, 0.1) is 169 Å². The summed E-state index contributed by atoms with van der Waals surface area (Å²) in [6, 6.07) is 57.5. The van der Waals surface area contributed by atoms with E-state index >= 15 is 0 Å². The number of oxazole rings is 3. The van der Waals surface area contributed by atoms with Gasteiger partial charge in [-0.15, -0.1) is 11.6 Å². The number of benzene rings is 8. The Balaban J connectivity index is 0.000000179. The number of ether oxygens (including phenoxy) is 10. The number of carboxylic acids is 1. The van der Waals surface area contributed by atoms with Crippen LogP contribution in [-0.4, -0.2) is 166 Å². The molecule has 16 rings (SSSR count). The number of methoxy groups -OCH3 is 4. The van der Waals surface area contributed by atoms with Crippen molar-refractivity contribution in [2.45, 2.75) is 256 Å². The lowest BCUT2D eigenvalue weighted by molar-refractivity contribution is 0.0184. The average molecular weight is 2110 g/mol. The number of aromatic carboxylic acids is 1. The summed E-state index contributed by atoms with van der Waals surface area (Å²) in [5, 5.41) is 29.3. The molecule has 30 heteroatoms. The first-order chi connectivity index (χ1) is 69.7. The third-order valence-electron chi connectivity index (χ3n) is 25.8. The van der Waals surface area contributed by atoms with Crippen LogP contribution in [0.2, 0.25) is 36.3 Å². The highest BCUT2D eigenvalue weighted by molar-refractivity contribution is 9.08. The Morgan fingerprint density at radius 1 is 0.342 bits per heavy atom. The fraction of sp³-hybridized carbons (Fsp3) is 0.379. The lowest BCUT2D eigenvalue weighted by atomic mass is 10.0. The number of aliphatic hydroxyl groups is 2. The molecule has 0 bridgehead atoms. The van der Waals surface area contributed by atoms with Crippen molar-refractivity contribution >= 4 is 74.0 Å². The fourth-order valence-corrected chi connectivity index (χ4v) is 18.9. The van der Waals surface area contributed by atoms with E-state index in [0.29, 0.717) is 115 Å². The molecule has 3 heterocycles. The highest BCUT2D eigenvalue weighted by Crippen LogP contribution is 2.41. The number of hydrogen-bond acceptors (Lipinski definition) is 25. The van der Waals surface area contributed by atoms with E-state index in [1.54, 1.807) is 43.9 Å². The molecule has 26 nitrogen and oxygen atoms in total. The second kappa shape index (κ2) is 56.4. The quantitative estimate of drug-likeness (QED) is 0.0116. The number of carboxylic acid groups (broad SMARTS) is 1. The third kappa shape index (κ3) is 34.7. The molecule has 11 aromatic rings. The summed E-state index contributed by atoms with van der Waals surface area (Å²) in [6.45, 7) is 33.8. The minimum Gasteiger partial charge on any atom is -0.478 e. The van der Waals surface area contributed by atoms with E-state index in [4.69, 9.17) is 81.1 Å². The first kappa shape index (κ1) is 116. The van der Waals surface area contributed by atoms with Crippen LogP contribution < -0.4 is 0 Å². The van der Waals surface area contributed by atoms with Crippen LogP contribution in [0.15, 0.2) is 275 Å². The van der Waals surface area contributed by atoms with Gasteiger partial charge in [-0.1, -0.05) is 264 Å². The maximum atomic E-state index is 12.1. The van der Waals surface area contributed by atoms with Gasteiger partial charge in [-0.3, -0.25) is 0 Å². The van der Waals surface area contributed by atoms with Crippen molar-refractivity contribution in [1.29, 1.82) is 0 Å². The molecule has 146 heavy (non-hydrogen) atoms. The predicted octanol–water partition coefficient (Wildman–Crippen LogP) is 25.1. The zero-order valence-corrected chi connectivity index (χ0v) is 91.2. The molecule has 0 radical (unpaired) electrons. The van der Waals surface area contributed by atoms with E-state index in [9.17, 15) is 39.3 Å². The van der Waals surface area contributed by atoms with Gasteiger partial charge in [0.15, 0.2) is 16.6 Å². The van der Waals surface area contributed by atoms with Gasteiger partial charge >= 0.3 is 29.8 Å². The molecular formula is C116H139BrClN3O23Si2. The molecule has 8 aromatic carbocycles. The molecule has 0 saturated heterocycles. The second-order valence-electron chi connectivity index (χ2n) is 38.8. The van der Waals surface area contributed by atoms with Crippen molar-refractivity contribution in [3.05, 3.63) is 362 Å². The maximum Gasteiger partial charge on any atom is 0.338 e. The molecular weight excluding hydrogens is 1970 g/mol. The first-order valence-electron chi connectivity index (χ1n) is 48.7. The minimum atomic E-state index is -1.79. The monoisotopic (exact) mass is 2110 g/mol. The van der Waals surface area contributed by atoms with E-state index in [2.05, 4.69) is 111 Å². The van der Waals surface area contributed by atoms with Gasteiger partial charge < -0.3 is 84.8 Å². The predicted molar refractivity (Wildman–Crippen MR) is 573 cm³/mol. The molecule has 3 aromatic heterocycles. The lowest BCUT2D eigenvalue weighted by Crippen LogP contribution is -2.43. The van der Waals surface area contributed by atoms with Crippen molar-refractivity contribution in [3.8, 4) is 34.4 Å². The van der Waals surface area contributed by atoms with Gasteiger partial charge in [0.2, 0.25) is 17.7 Å². The highest BCUT2D eigenvalue weighted by Gasteiger charge is 2.42. The Morgan fingerprint density at radius 2 is 0.589 bits per heavy atom. The molecule has 0 fully saturated rings. The van der Waals surface area contributed by atoms with Gasteiger partial charge in [-0.2, -0.15) is 0 Å². The van der Waals surface area contributed by atoms with Gasteiger partial charge in [0, 0.05) is 54.1 Å². The number of halogens is 2. The van der Waals surface area contributed by atoms with Crippen molar-refractivity contribution in [1.82, 2.24) is 15.0 Å². The Bertz CT molecular complexity index is 6200. The number of aromatic nitrogens is 3. The smallest absolute Gasteiger partial charge is 0.338 e. The summed E-state index contributed by atoms with van der Waals surface area (Å²) >= 11 is 8.94. The largest absolute Gasteiger partial charge is 0.478 e. The van der Waals surface area contributed by atoms with E-state index in [1.807, 2.05) is 240 Å². The summed E-state index contributed by atoms with van der Waals surface area (Å²) < 4.78 is 83.8. The van der Waals surface area contributed by atoms with E-state index in [-0.39, 0.29) is 95.5 Å². The summed E-state index contributed by atoms with van der Waals surface area (Å²) in [5.41, 5.74) is 16.2. The van der Waals surface area contributed by atoms with Crippen LogP contribution in [0.1, 0.15) is 198 Å². The average Bonchev–Trinajstić information content (AvgIpc) is 1.58. The summed E-state index contributed by atoms with van der Waals surface area (Å²) in [5.74, 6) is -0.0483. The minimum absolute atomic E-state index is 0.00998. The standard InChI is InChI=1S/C25H25NO5.C24H23NO5.C21H32O4Si.C15H18O4.C11H22O2Si.C10H11BrO2.C10H8ClNO/c1-17-7-6-10-19(23(17)25(27)28-2)14-29-21-11-12-22(13-21)30-15-20-16-31-24(26-20)18-8-4-3-5-9-18;1-16-6-5-9-18(22(16)24(26)27)13-28-20-10-11-21(12-20)29-14-19-15-30-23(25-19)17-7-3-2-4-8-17;1-15-9-8-10-16(19(15)20(22)23-5)14-24-17-11-12-18(13-17)25-26(6,7)21(2,3)4;1-10-4-3-5-11(14(10)15(17)18-2)9-19-13-7-6-12(16)8-13;1-11(2,3)14(4,5)13-10-7-6-9(12)8-10;1-7-4-3-5-8(6-11)9(7)10(12)13-2;11-6-9-7-13-10(12-9)8-4-2-1-3-5-8/h3-12,16,21-22H,13-15H2,1-2H3;2-11,15,20-21H,12-14H2,1H3,(H,26,27);8-12,17-18H,13-14H2,1-7H3;3-7,12-13,16H,8-9H2,1-2H3;6-7,9-10,12H,8H2,1-5H3;3-5H,6H2,1-2H3;1-5,7H,6H2/t21-,22+;20-,21+;17-,18+;12-,13+;9-,10+;;/m11101../s1. The summed E-state index contributed by atoms with van der Waals surface area (Å²) in [6.07, 6.45) is 26.9. The SMILES string of the molecule is CC(C)(C)[Si](C)(C)O[C@H]1C=C[C@@H](O)C1.COC(=O)c1c(C)cccc1CBr.COC(=O)c1c(C)cccc1CO[C@@H]1C=C[C@H](O)C1.COC(=O)c1c(C)cccc1CO[C@@H]1C=C[C@H](OCc2coc(-c3ccccc3)n2)C1.COC(=O)c1c(C)cccc1CO[C@@H]1C=C[C@H](O[Si](C)(C)C(C)(C)C)C1.Cc1cccc(CO[C@@H]2C=C[C@H](OCc3coc(-c4ccccc4)n3)C2)c1C(=O)O.ClCc1coc(-c2ccccc2)n1. The lowest BCUT2D eigenvalue weighted by Gasteiger charge is -2.38. The Hall–Kier alpha value is -11.8. The van der Waals surface area contributed by atoms with Crippen molar-refractivity contribution in [2.75, 3.05) is 28.4 Å². The van der Waals surface area contributed by atoms with E-state index in [1.165, 1.54) is 28.4 Å².